The Hall–Kier alpha value is -0.120. The van der Waals surface area contributed by atoms with Gasteiger partial charge in [0.15, 0.2) is 0 Å². The zero-order valence-electron chi connectivity index (χ0n) is 8.42. The number of rotatable bonds is 7. The van der Waals surface area contributed by atoms with Crippen LogP contribution in [0.15, 0.2) is 0 Å². The molecule has 0 aromatic rings. The molecule has 1 rings (SSSR count). The number of nitrogens with one attached hydrogen (secondary N) is 1. The Labute approximate surface area is 80.2 Å². The Morgan fingerprint density at radius 2 is 1.92 bits per heavy atom. The zero-order valence-corrected chi connectivity index (χ0v) is 8.42. The molecule has 13 heavy (non-hydrogen) atoms. The summed E-state index contributed by atoms with van der Waals surface area (Å²) in [6.07, 6.45) is 4.02. The minimum absolute atomic E-state index is 0.0416. The van der Waals surface area contributed by atoms with Crippen molar-refractivity contribution in [2.75, 3.05) is 26.3 Å². The van der Waals surface area contributed by atoms with Crippen LogP contribution < -0.4 is 5.32 Å². The molecule has 0 bridgehead atoms. The maximum atomic E-state index is 9.01. The number of hydrogen-bond donors (Lipinski definition) is 3. The van der Waals surface area contributed by atoms with Crippen LogP contribution in [0.25, 0.3) is 0 Å². The van der Waals surface area contributed by atoms with Gasteiger partial charge in [0.05, 0.1) is 13.2 Å². The summed E-state index contributed by atoms with van der Waals surface area (Å²) in [5.74, 6) is 0.946. The fourth-order valence-corrected chi connectivity index (χ4v) is 1.26. The van der Waals surface area contributed by atoms with E-state index in [1.807, 2.05) is 6.92 Å². The predicted molar refractivity (Wildman–Crippen MR) is 52.5 cm³/mol. The summed E-state index contributed by atoms with van der Waals surface area (Å²) in [7, 11) is 0. The van der Waals surface area contributed by atoms with Crippen molar-refractivity contribution in [2.45, 2.75) is 26.2 Å². The molecule has 0 aromatic heterocycles. The van der Waals surface area contributed by atoms with Gasteiger partial charge < -0.3 is 15.5 Å². The molecule has 0 atom stereocenters. The maximum absolute atomic E-state index is 9.01. The van der Waals surface area contributed by atoms with E-state index < -0.39 is 0 Å². The fourth-order valence-electron chi connectivity index (χ4n) is 1.26. The third kappa shape index (κ3) is 4.07. The minimum Gasteiger partial charge on any atom is -0.396 e. The Balaban J connectivity index is 2.01. The van der Waals surface area contributed by atoms with E-state index in [1.54, 1.807) is 0 Å². The van der Waals surface area contributed by atoms with E-state index >= 15 is 0 Å². The standard InChI is InChI=1S/C10H21NO2/c1-10(7-12,8-13)6-11-5-4-9-2-3-9/h9,11-13H,2-8H2,1H3. The summed E-state index contributed by atoms with van der Waals surface area (Å²) in [6.45, 7) is 3.68. The first-order valence-corrected chi connectivity index (χ1v) is 5.12. The molecule has 0 heterocycles. The molecule has 1 saturated carbocycles. The molecule has 0 aromatic carbocycles. The van der Waals surface area contributed by atoms with Crippen LogP contribution in [0.4, 0.5) is 0 Å². The van der Waals surface area contributed by atoms with Crippen LogP contribution in [0, 0.1) is 11.3 Å². The normalized spacial score (nSPS) is 17.8. The van der Waals surface area contributed by atoms with Gasteiger partial charge in [-0.15, -0.1) is 0 Å². The summed E-state index contributed by atoms with van der Waals surface area (Å²) >= 11 is 0. The van der Waals surface area contributed by atoms with Crippen LogP contribution >= 0.6 is 0 Å². The highest BCUT2D eigenvalue weighted by Gasteiger charge is 2.23. The van der Waals surface area contributed by atoms with Gasteiger partial charge in [0.1, 0.15) is 0 Å². The third-order valence-corrected chi connectivity index (χ3v) is 2.74. The van der Waals surface area contributed by atoms with Gasteiger partial charge in [0, 0.05) is 12.0 Å². The van der Waals surface area contributed by atoms with E-state index in [4.69, 9.17) is 10.2 Å². The van der Waals surface area contributed by atoms with Gasteiger partial charge in [-0.05, 0) is 18.9 Å². The lowest BCUT2D eigenvalue weighted by atomic mass is 9.93. The van der Waals surface area contributed by atoms with Crippen molar-refractivity contribution >= 4 is 0 Å². The fraction of sp³-hybridized carbons (Fsp3) is 1.00. The third-order valence-electron chi connectivity index (χ3n) is 2.74. The van der Waals surface area contributed by atoms with Crippen molar-refractivity contribution in [2.24, 2.45) is 11.3 Å². The molecule has 1 fully saturated rings. The van der Waals surface area contributed by atoms with E-state index in [1.165, 1.54) is 19.3 Å². The monoisotopic (exact) mass is 187 g/mol. The van der Waals surface area contributed by atoms with Crippen LogP contribution in [-0.2, 0) is 0 Å². The molecule has 78 valence electrons. The number of aliphatic hydroxyl groups excluding tert-OH is 2. The zero-order chi connectivity index (χ0) is 9.73. The van der Waals surface area contributed by atoms with E-state index in [-0.39, 0.29) is 18.6 Å². The van der Waals surface area contributed by atoms with Gasteiger partial charge in [-0.2, -0.15) is 0 Å². The molecular weight excluding hydrogens is 166 g/mol. The van der Waals surface area contributed by atoms with E-state index in [0.717, 1.165) is 12.5 Å². The van der Waals surface area contributed by atoms with Crippen LogP contribution in [0.2, 0.25) is 0 Å². The Bertz CT molecular complexity index is 142. The molecule has 0 aliphatic heterocycles. The quantitative estimate of drug-likeness (QED) is 0.505. The van der Waals surface area contributed by atoms with Crippen molar-refractivity contribution in [1.29, 1.82) is 0 Å². The summed E-state index contributed by atoms with van der Waals surface area (Å²) < 4.78 is 0. The predicted octanol–water partition coefficient (Wildman–Crippen LogP) is 0.367. The molecule has 0 spiro atoms. The van der Waals surface area contributed by atoms with Crippen molar-refractivity contribution < 1.29 is 10.2 Å². The largest absolute Gasteiger partial charge is 0.396 e. The van der Waals surface area contributed by atoms with Crippen molar-refractivity contribution in [1.82, 2.24) is 5.32 Å². The highest BCUT2D eigenvalue weighted by Crippen LogP contribution is 2.31. The molecule has 0 unspecified atom stereocenters. The lowest BCUT2D eigenvalue weighted by Crippen LogP contribution is -2.38. The lowest BCUT2D eigenvalue weighted by Gasteiger charge is -2.24. The van der Waals surface area contributed by atoms with E-state index in [0.29, 0.717) is 6.54 Å². The summed E-state index contributed by atoms with van der Waals surface area (Å²) in [6, 6.07) is 0. The topological polar surface area (TPSA) is 52.5 Å². The molecule has 0 radical (unpaired) electrons. The van der Waals surface area contributed by atoms with Gasteiger partial charge in [-0.1, -0.05) is 19.8 Å². The van der Waals surface area contributed by atoms with Gasteiger partial charge in [0.25, 0.3) is 0 Å². The van der Waals surface area contributed by atoms with Crippen LogP contribution in [0.3, 0.4) is 0 Å². The smallest absolute Gasteiger partial charge is 0.0518 e. The molecule has 1 aliphatic rings. The van der Waals surface area contributed by atoms with E-state index in [9.17, 15) is 0 Å². The van der Waals surface area contributed by atoms with E-state index in [2.05, 4.69) is 5.32 Å². The SMILES string of the molecule is CC(CO)(CO)CNCCC1CC1. The second-order valence-corrected chi connectivity index (χ2v) is 4.54. The van der Waals surface area contributed by atoms with Gasteiger partial charge >= 0.3 is 0 Å². The molecule has 0 amide bonds. The molecule has 0 saturated heterocycles. The Kier molecular flexibility index (Phi) is 4.16. The van der Waals surface area contributed by atoms with Gasteiger partial charge in [0.2, 0.25) is 0 Å². The average molecular weight is 187 g/mol. The lowest BCUT2D eigenvalue weighted by molar-refractivity contribution is 0.0698. The second-order valence-electron chi connectivity index (χ2n) is 4.54. The highest BCUT2D eigenvalue weighted by molar-refractivity contribution is 4.77. The molecular formula is C10H21NO2. The molecule has 3 heteroatoms. The summed E-state index contributed by atoms with van der Waals surface area (Å²) in [5, 5.41) is 21.3. The number of hydrogen-bond acceptors (Lipinski definition) is 3. The summed E-state index contributed by atoms with van der Waals surface area (Å²) in [4.78, 5) is 0. The van der Waals surface area contributed by atoms with Gasteiger partial charge in [-0.3, -0.25) is 0 Å². The first-order chi connectivity index (χ1) is 6.20. The van der Waals surface area contributed by atoms with Crippen molar-refractivity contribution in [3.8, 4) is 0 Å². The average Bonchev–Trinajstić information content (AvgIpc) is 2.96. The van der Waals surface area contributed by atoms with Crippen LogP contribution in [-0.4, -0.2) is 36.5 Å². The molecule has 3 nitrogen and oxygen atoms in total. The van der Waals surface area contributed by atoms with Crippen LogP contribution in [0.1, 0.15) is 26.2 Å². The Morgan fingerprint density at radius 1 is 1.31 bits per heavy atom. The first kappa shape index (κ1) is 11.0. The van der Waals surface area contributed by atoms with Crippen molar-refractivity contribution in [3.63, 3.8) is 0 Å². The Morgan fingerprint density at radius 3 is 2.38 bits per heavy atom. The molecule has 1 aliphatic carbocycles. The highest BCUT2D eigenvalue weighted by atomic mass is 16.3. The molecule has 3 N–H and O–H groups in total. The van der Waals surface area contributed by atoms with Crippen molar-refractivity contribution in [3.05, 3.63) is 0 Å². The second kappa shape index (κ2) is 4.94. The van der Waals surface area contributed by atoms with Gasteiger partial charge in [-0.25, -0.2) is 0 Å². The first-order valence-electron chi connectivity index (χ1n) is 5.12. The summed E-state index contributed by atoms with van der Waals surface area (Å²) in [5.41, 5.74) is -0.358. The maximum Gasteiger partial charge on any atom is 0.0518 e. The van der Waals surface area contributed by atoms with Crippen LogP contribution in [0.5, 0.6) is 0 Å². The number of aliphatic hydroxyl groups is 2. The minimum atomic E-state index is -0.358.